The van der Waals surface area contributed by atoms with Gasteiger partial charge in [-0.15, -0.1) is 0 Å². The Hall–Kier alpha value is -5.66. The summed E-state index contributed by atoms with van der Waals surface area (Å²) < 4.78 is 137. The van der Waals surface area contributed by atoms with Crippen LogP contribution in [0.4, 0.5) is 0 Å². The molecule has 0 aliphatic heterocycles. The first kappa shape index (κ1) is 13.5. The maximum atomic E-state index is 9.54. The van der Waals surface area contributed by atoms with Crippen molar-refractivity contribution in [1.29, 1.82) is 0 Å². The van der Waals surface area contributed by atoms with Crippen molar-refractivity contribution in [3.05, 3.63) is 157 Å². The molecule has 0 unspecified atom stereocenters. The van der Waals surface area contributed by atoms with Crippen molar-refractivity contribution < 1.29 is 25.0 Å². The summed E-state index contributed by atoms with van der Waals surface area (Å²) in [6, 6.07) is 11.6. The van der Waals surface area contributed by atoms with Crippen LogP contribution in [0.25, 0.3) is 87.6 Å². The van der Waals surface area contributed by atoms with Gasteiger partial charge in [0.2, 0.25) is 0 Å². The minimum absolute atomic E-state index is 0.0147. The summed E-state index contributed by atoms with van der Waals surface area (Å²) in [7, 11) is 0. The van der Waals surface area contributed by atoms with Crippen LogP contribution < -0.4 is 0 Å². The Morgan fingerprint density at radius 3 is 1.86 bits per heavy atom. The lowest BCUT2D eigenvalue weighted by molar-refractivity contribution is 0.673. The van der Waals surface area contributed by atoms with Crippen molar-refractivity contribution in [1.82, 2.24) is 0 Å². The van der Waals surface area contributed by atoms with Gasteiger partial charge in [0.1, 0.15) is 11.2 Å². The summed E-state index contributed by atoms with van der Waals surface area (Å²) in [6.07, 6.45) is 0. The Bertz CT molecular complexity index is 3270. The van der Waals surface area contributed by atoms with Gasteiger partial charge in [-0.05, 0) is 78.5 Å². The topological polar surface area (TPSA) is 13.1 Å². The first-order chi connectivity index (χ1) is 27.6. The predicted molar refractivity (Wildman–Crippen MR) is 183 cm³/mol. The molecular formula is C42H26O. The molecule has 200 valence electrons. The Kier molecular flexibility index (Phi) is 2.97. The maximum absolute atomic E-state index is 9.54. The Balaban J connectivity index is 1.45. The van der Waals surface area contributed by atoms with Gasteiger partial charge in [-0.1, -0.05) is 139 Å². The zero-order valence-corrected chi connectivity index (χ0v) is 22.3. The van der Waals surface area contributed by atoms with E-state index in [4.69, 9.17) is 20.9 Å². The van der Waals surface area contributed by atoms with E-state index in [9.17, 15) is 4.11 Å². The molecule has 0 aliphatic carbocycles. The normalized spacial score (nSPS) is 16.6. The molecular weight excluding hydrogens is 520 g/mol. The van der Waals surface area contributed by atoms with Crippen molar-refractivity contribution in [2.75, 3.05) is 0 Å². The lowest BCUT2D eigenvalue weighted by atomic mass is 9.84. The number of rotatable bonds is 3. The van der Waals surface area contributed by atoms with Crippen LogP contribution >= 0.6 is 0 Å². The highest BCUT2D eigenvalue weighted by Crippen LogP contribution is 2.47. The van der Waals surface area contributed by atoms with Gasteiger partial charge in [0.25, 0.3) is 0 Å². The Labute approximate surface area is 270 Å². The molecule has 0 aliphatic rings. The molecule has 1 nitrogen and oxygen atoms in total. The van der Waals surface area contributed by atoms with E-state index >= 15 is 0 Å². The monoisotopic (exact) mass is 561 g/mol. The zero-order chi connectivity index (χ0) is 41.4. The zero-order valence-electron chi connectivity index (χ0n) is 37.3. The molecule has 0 fully saturated rings. The van der Waals surface area contributed by atoms with Crippen molar-refractivity contribution >= 4 is 54.3 Å². The van der Waals surface area contributed by atoms with Gasteiger partial charge in [0.05, 0.1) is 20.6 Å². The second-order valence-electron chi connectivity index (χ2n) is 10.1. The fourth-order valence-corrected chi connectivity index (χ4v) is 6.01. The van der Waals surface area contributed by atoms with Crippen LogP contribution in [0, 0.1) is 0 Å². The third kappa shape index (κ3) is 3.65. The predicted octanol–water partition coefficient (Wildman–Crippen LogP) is 12.0. The molecule has 0 saturated heterocycles. The highest BCUT2D eigenvalue weighted by Gasteiger charge is 2.20. The van der Waals surface area contributed by atoms with E-state index in [1.165, 1.54) is 0 Å². The first-order valence-electron chi connectivity index (χ1n) is 21.1. The van der Waals surface area contributed by atoms with Crippen LogP contribution in [0.15, 0.2) is 162 Å². The molecule has 0 amide bonds. The van der Waals surface area contributed by atoms with Gasteiger partial charge in [0, 0.05) is 16.2 Å². The van der Waals surface area contributed by atoms with E-state index in [1.54, 1.807) is 48.5 Å². The highest BCUT2D eigenvalue weighted by atomic mass is 16.3. The summed E-state index contributed by atoms with van der Waals surface area (Å²) in [5.74, 6) is 0. The number of fused-ring (bicyclic) bond motifs is 7. The van der Waals surface area contributed by atoms with Gasteiger partial charge in [-0.25, -0.2) is 0 Å². The van der Waals surface area contributed by atoms with Gasteiger partial charge in [-0.3, -0.25) is 0 Å². The largest absolute Gasteiger partial charge is 0.455 e. The third-order valence-corrected chi connectivity index (χ3v) is 7.77. The average molecular weight is 562 g/mol. The Morgan fingerprint density at radius 2 is 1.09 bits per heavy atom. The lowest BCUT2D eigenvalue weighted by Gasteiger charge is -2.18. The quantitative estimate of drug-likeness (QED) is 0.196. The summed E-state index contributed by atoms with van der Waals surface area (Å²) in [5.41, 5.74) is 0.990. The number of hydrogen-bond acceptors (Lipinski definition) is 1. The van der Waals surface area contributed by atoms with E-state index in [0.717, 1.165) is 0 Å². The van der Waals surface area contributed by atoms with Gasteiger partial charge in [0.15, 0.2) is 0 Å². The van der Waals surface area contributed by atoms with Crippen LogP contribution in [0.2, 0.25) is 0 Å². The van der Waals surface area contributed by atoms with Gasteiger partial charge in [-0.2, -0.15) is 0 Å². The maximum Gasteiger partial charge on any atom is 0.143 e. The molecule has 0 radical (unpaired) electrons. The SMILES string of the molecule is [2H]c1c([2H])c([2H])c(-c2c([2H])c([2H])c([2H])c(-c3c4ccccc4c(-c4cccc5oc6c7c([2H])c([2H])c([2H])c([2H])c7c([2H])c([2H])c6c45)c4ccccc34)c2[2H])c([2H])c1[2H]. The standard InChI is InChI=1S/C42H26O/c1-2-12-27(13-3-1)29-15-10-16-30(26-29)39-32-18-6-8-20-34(32)40(35-21-9-7-19-33(35)39)36-22-11-23-38-41(36)37-25-24-28-14-4-5-17-31(28)42(37)43-38/h1-26H/i1D,2D,3D,4D,5D,10D,12D,13D,14D,15D,16D,17D,24D,25D,26D. The number of hydrogen-bond donors (Lipinski definition) is 0. The minimum Gasteiger partial charge on any atom is -0.455 e. The smallest absolute Gasteiger partial charge is 0.143 e. The van der Waals surface area contributed by atoms with E-state index in [2.05, 4.69) is 0 Å². The molecule has 0 atom stereocenters. The molecule has 0 bridgehead atoms. The molecule has 43 heavy (non-hydrogen) atoms. The third-order valence-electron chi connectivity index (χ3n) is 7.77. The Morgan fingerprint density at radius 1 is 0.442 bits per heavy atom. The van der Waals surface area contributed by atoms with Crippen LogP contribution in [0.1, 0.15) is 20.6 Å². The van der Waals surface area contributed by atoms with Crippen molar-refractivity contribution in [2.24, 2.45) is 0 Å². The van der Waals surface area contributed by atoms with Crippen molar-refractivity contribution in [3.63, 3.8) is 0 Å². The minimum atomic E-state index is -0.666. The fraction of sp³-hybridized carbons (Fsp3) is 0. The molecule has 8 aromatic carbocycles. The molecule has 1 aromatic heterocycles. The van der Waals surface area contributed by atoms with Gasteiger partial charge >= 0.3 is 0 Å². The molecule has 9 aromatic rings. The van der Waals surface area contributed by atoms with Gasteiger partial charge < -0.3 is 4.42 Å². The van der Waals surface area contributed by atoms with E-state index < -0.39 is 84.1 Å². The molecule has 0 spiro atoms. The molecule has 9 rings (SSSR count). The van der Waals surface area contributed by atoms with E-state index in [-0.39, 0.29) is 45.0 Å². The number of benzene rings is 8. The van der Waals surface area contributed by atoms with Crippen LogP contribution in [-0.2, 0) is 0 Å². The molecule has 1 heteroatoms. The lowest BCUT2D eigenvalue weighted by Crippen LogP contribution is -1.91. The van der Waals surface area contributed by atoms with Crippen LogP contribution in [-0.4, -0.2) is 0 Å². The van der Waals surface area contributed by atoms with E-state index in [0.29, 0.717) is 49.2 Å². The fourth-order valence-electron chi connectivity index (χ4n) is 6.01. The molecule has 1 heterocycles. The van der Waals surface area contributed by atoms with E-state index in [1.807, 2.05) is 18.2 Å². The highest BCUT2D eigenvalue weighted by molar-refractivity contribution is 6.27. The first-order valence-corrected chi connectivity index (χ1v) is 13.6. The summed E-state index contributed by atoms with van der Waals surface area (Å²) in [6.45, 7) is 0. The van der Waals surface area contributed by atoms with Crippen LogP contribution in [0.3, 0.4) is 0 Å². The average Bonchev–Trinajstić information content (AvgIpc) is 3.62. The molecule has 0 saturated carbocycles. The summed E-state index contributed by atoms with van der Waals surface area (Å²) in [5, 5.41) is 2.69. The summed E-state index contributed by atoms with van der Waals surface area (Å²) in [4.78, 5) is 0. The van der Waals surface area contributed by atoms with Crippen molar-refractivity contribution in [2.45, 2.75) is 0 Å². The van der Waals surface area contributed by atoms with Crippen LogP contribution in [0.5, 0.6) is 0 Å². The second-order valence-corrected chi connectivity index (χ2v) is 10.1. The second kappa shape index (κ2) is 9.44. The number of furan rings is 1. The molecule has 0 N–H and O–H groups in total. The van der Waals surface area contributed by atoms with Crippen molar-refractivity contribution in [3.8, 4) is 33.4 Å². The summed E-state index contributed by atoms with van der Waals surface area (Å²) >= 11 is 0.